The third-order valence-corrected chi connectivity index (χ3v) is 3.50. The number of carbonyl (C=O) groups excluding carboxylic acids is 1. The van der Waals surface area contributed by atoms with Crippen LogP contribution in [-0.2, 0) is 9.53 Å². The van der Waals surface area contributed by atoms with E-state index in [2.05, 4.69) is 6.92 Å². The van der Waals surface area contributed by atoms with Gasteiger partial charge in [-0.05, 0) is 18.6 Å². The first kappa shape index (κ1) is 13.9. The summed E-state index contributed by atoms with van der Waals surface area (Å²) in [5, 5.41) is 0. The smallest absolute Gasteiger partial charge is 0.309 e. The molecule has 3 heteroatoms. The standard InChI is InChI=1S/C16H22O3/c1-2-3-5-8-13-11-15(19-16(13)17)12-18-14-9-6-4-7-10-14/h4,6-7,9-10,13,15H,2-3,5,8,11-12H2,1H3/t13-,15-/m0/s1. The summed E-state index contributed by atoms with van der Waals surface area (Å²) in [6.07, 6.45) is 5.16. The highest BCUT2D eigenvalue weighted by atomic mass is 16.6. The Labute approximate surface area is 114 Å². The van der Waals surface area contributed by atoms with E-state index in [4.69, 9.17) is 9.47 Å². The Kier molecular flexibility index (Phi) is 5.25. The highest BCUT2D eigenvalue weighted by Crippen LogP contribution is 2.26. The van der Waals surface area contributed by atoms with E-state index >= 15 is 0 Å². The van der Waals surface area contributed by atoms with E-state index in [1.54, 1.807) is 0 Å². The lowest BCUT2D eigenvalue weighted by atomic mass is 9.98. The number of hydrogen-bond donors (Lipinski definition) is 0. The Morgan fingerprint density at radius 3 is 2.79 bits per heavy atom. The molecule has 1 aromatic carbocycles. The monoisotopic (exact) mass is 262 g/mol. The summed E-state index contributed by atoms with van der Waals surface area (Å²) >= 11 is 0. The van der Waals surface area contributed by atoms with Gasteiger partial charge in [0.05, 0.1) is 5.92 Å². The first-order valence-corrected chi connectivity index (χ1v) is 7.18. The fraction of sp³-hybridized carbons (Fsp3) is 0.562. The first-order chi connectivity index (χ1) is 9.29. The highest BCUT2D eigenvalue weighted by Gasteiger charge is 2.34. The molecule has 3 nitrogen and oxygen atoms in total. The molecule has 0 unspecified atom stereocenters. The molecule has 1 heterocycles. The molecule has 1 aliphatic heterocycles. The molecule has 1 saturated heterocycles. The molecule has 1 aromatic rings. The van der Waals surface area contributed by atoms with Crippen LogP contribution < -0.4 is 4.74 Å². The zero-order valence-electron chi connectivity index (χ0n) is 11.5. The molecule has 0 bridgehead atoms. The SMILES string of the molecule is CCCCC[C@H]1C[C@@H](COc2ccccc2)OC1=O. The minimum atomic E-state index is -0.0840. The van der Waals surface area contributed by atoms with Crippen molar-refractivity contribution < 1.29 is 14.3 Å². The Balaban J connectivity index is 1.73. The van der Waals surface area contributed by atoms with Crippen molar-refractivity contribution in [1.29, 1.82) is 0 Å². The van der Waals surface area contributed by atoms with Gasteiger partial charge in [0, 0.05) is 6.42 Å². The van der Waals surface area contributed by atoms with Gasteiger partial charge in [-0.3, -0.25) is 4.79 Å². The summed E-state index contributed by atoms with van der Waals surface area (Å²) in [5.41, 5.74) is 0. The molecule has 104 valence electrons. The fourth-order valence-corrected chi connectivity index (χ4v) is 2.41. The van der Waals surface area contributed by atoms with Crippen molar-refractivity contribution in [3.8, 4) is 5.75 Å². The highest BCUT2D eigenvalue weighted by molar-refractivity contribution is 5.74. The van der Waals surface area contributed by atoms with Gasteiger partial charge in [0.15, 0.2) is 0 Å². The van der Waals surface area contributed by atoms with Crippen LogP contribution in [0.3, 0.4) is 0 Å². The number of esters is 1. The Hall–Kier alpha value is -1.51. The van der Waals surface area contributed by atoms with E-state index in [1.165, 1.54) is 12.8 Å². The van der Waals surface area contributed by atoms with Crippen LogP contribution in [-0.4, -0.2) is 18.7 Å². The molecule has 0 aliphatic carbocycles. The Bertz CT molecular complexity index is 388. The molecular formula is C16H22O3. The van der Waals surface area contributed by atoms with Crippen molar-refractivity contribution in [2.45, 2.75) is 45.1 Å². The van der Waals surface area contributed by atoms with Crippen molar-refractivity contribution in [3.63, 3.8) is 0 Å². The molecule has 1 aliphatic rings. The van der Waals surface area contributed by atoms with Crippen LogP contribution in [0.15, 0.2) is 30.3 Å². The number of benzene rings is 1. The van der Waals surface area contributed by atoms with E-state index < -0.39 is 0 Å². The molecule has 1 fully saturated rings. The summed E-state index contributed by atoms with van der Waals surface area (Å²) in [6.45, 7) is 2.63. The van der Waals surface area contributed by atoms with Crippen LogP contribution in [0.5, 0.6) is 5.75 Å². The fourth-order valence-electron chi connectivity index (χ4n) is 2.41. The van der Waals surface area contributed by atoms with Gasteiger partial charge in [0.1, 0.15) is 18.5 Å². The van der Waals surface area contributed by atoms with Gasteiger partial charge >= 0.3 is 5.97 Å². The van der Waals surface area contributed by atoms with Gasteiger partial charge in [0.2, 0.25) is 0 Å². The molecule has 0 amide bonds. The van der Waals surface area contributed by atoms with Crippen LogP contribution in [0.4, 0.5) is 0 Å². The van der Waals surface area contributed by atoms with Crippen LogP contribution in [0, 0.1) is 5.92 Å². The average molecular weight is 262 g/mol. The molecule has 0 spiro atoms. The lowest BCUT2D eigenvalue weighted by Crippen LogP contribution is -2.17. The molecule has 2 atom stereocenters. The maximum absolute atomic E-state index is 11.7. The molecule has 0 saturated carbocycles. The molecule has 0 aromatic heterocycles. The third-order valence-electron chi connectivity index (χ3n) is 3.50. The van der Waals surface area contributed by atoms with Gasteiger partial charge in [-0.1, -0.05) is 44.4 Å². The summed E-state index contributed by atoms with van der Waals surface area (Å²) in [4.78, 5) is 11.7. The van der Waals surface area contributed by atoms with E-state index in [1.807, 2.05) is 30.3 Å². The number of hydrogen-bond acceptors (Lipinski definition) is 3. The van der Waals surface area contributed by atoms with Gasteiger partial charge < -0.3 is 9.47 Å². The van der Waals surface area contributed by atoms with Crippen LogP contribution >= 0.6 is 0 Å². The first-order valence-electron chi connectivity index (χ1n) is 7.18. The predicted octanol–water partition coefficient (Wildman–Crippen LogP) is 3.58. The van der Waals surface area contributed by atoms with Crippen LogP contribution in [0.1, 0.15) is 39.0 Å². The number of rotatable bonds is 7. The molecule has 2 rings (SSSR count). The van der Waals surface area contributed by atoms with Gasteiger partial charge in [-0.25, -0.2) is 0 Å². The average Bonchev–Trinajstić information content (AvgIpc) is 2.79. The number of unbranched alkanes of at least 4 members (excludes halogenated alkanes) is 2. The quantitative estimate of drug-likeness (QED) is 0.556. The van der Waals surface area contributed by atoms with Crippen LogP contribution in [0.2, 0.25) is 0 Å². The van der Waals surface area contributed by atoms with Crippen molar-refractivity contribution in [1.82, 2.24) is 0 Å². The number of cyclic esters (lactones) is 1. The molecule has 19 heavy (non-hydrogen) atoms. The van der Waals surface area contributed by atoms with Crippen molar-refractivity contribution in [2.75, 3.05) is 6.61 Å². The molecule has 0 radical (unpaired) electrons. The number of para-hydroxylation sites is 1. The Morgan fingerprint density at radius 1 is 1.26 bits per heavy atom. The number of carbonyl (C=O) groups is 1. The summed E-state index contributed by atoms with van der Waals surface area (Å²) in [6, 6.07) is 9.64. The zero-order valence-corrected chi connectivity index (χ0v) is 11.5. The van der Waals surface area contributed by atoms with E-state index in [0.717, 1.165) is 25.0 Å². The van der Waals surface area contributed by atoms with Crippen LogP contribution in [0.25, 0.3) is 0 Å². The normalized spacial score (nSPS) is 22.3. The predicted molar refractivity (Wildman–Crippen MR) is 74.1 cm³/mol. The molecule has 0 N–H and O–H groups in total. The summed E-state index contributed by atoms with van der Waals surface area (Å²) < 4.78 is 11.0. The second-order valence-electron chi connectivity index (χ2n) is 5.11. The van der Waals surface area contributed by atoms with Gasteiger partial charge in [-0.2, -0.15) is 0 Å². The lowest BCUT2D eigenvalue weighted by molar-refractivity contribution is -0.145. The largest absolute Gasteiger partial charge is 0.490 e. The minimum Gasteiger partial charge on any atom is -0.490 e. The summed E-state index contributed by atoms with van der Waals surface area (Å²) in [5.74, 6) is 0.863. The second kappa shape index (κ2) is 7.17. The van der Waals surface area contributed by atoms with Gasteiger partial charge in [-0.15, -0.1) is 0 Å². The third kappa shape index (κ3) is 4.27. The summed E-state index contributed by atoms with van der Waals surface area (Å²) in [7, 11) is 0. The lowest BCUT2D eigenvalue weighted by Gasteiger charge is -2.10. The molecular weight excluding hydrogens is 240 g/mol. The topological polar surface area (TPSA) is 35.5 Å². The minimum absolute atomic E-state index is 0.0437. The zero-order chi connectivity index (χ0) is 13.5. The van der Waals surface area contributed by atoms with Crippen molar-refractivity contribution in [2.24, 2.45) is 5.92 Å². The number of ether oxygens (including phenoxy) is 2. The van der Waals surface area contributed by atoms with Gasteiger partial charge in [0.25, 0.3) is 0 Å². The van der Waals surface area contributed by atoms with Crippen molar-refractivity contribution in [3.05, 3.63) is 30.3 Å². The maximum atomic E-state index is 11.7. The second-order valence-corrected chi connectivity index (χ2v) is 5.11. The van der Waals surface area contributed by atoms with Crippen molar-refractivity contribution >= 4 is 5.97 Å². The maximum Gasteiger partial charge on any atom is 0.309 e. The van der Waals surface area contributed by atoms with E-state index in [9.17, 15) is 4.79 Å². The van der Waals surface area contributed by atoms with E-state index in [0.29, 0.717) is 6.61 Å². The Morgan fingerprint density at radius 2 is 2.05 bits per heavy atom. The van der Waals surface area contributed by atoms with E-state index in [-0.39, 0.29) is 18.0 Å².